The highest BCUT2D eigenvalue weighted by Gasteiger charge is 2.38. The molecule has 2 saturated heterocycles. The van der Waals surface area contributed by atoms with E-state index in [0.717, 1.165) is 31.8 Å². The summed E-state index contributed by atoms with van der Waals surface area (Å²) in [5.41, 5.74) is 1.04. The highest BCUT2D eigenvalue weighted by atomic mass is 16.3. The van der Waals surface area contributed by atoms with E-state index in [0.29, 0.717) is 38.1 Å². The van der Waals surface area contributed by atoms with E-state index < -0.39 is 0 Å². The second-order valence-electron chi connectivity index (χ2n) is 8.63. The summed E-state index contributed by atoms with van der Waals surface area (Å²) >= 11 is 0. The van der Waals surface area contributed by atoms with Gasteiger partial charge in [0.2, 0.25) is 11.8 Å². The Labute approximate surface area is 178 Å². The van der Waals surface area contributed by atoms with Crippen molar-refractivity contribution < 1.29 is 14.0 Å². The Kier molecular flexibility index (Phi) is 6.53. The normalized spacial score (nSPS) is 24.1. The van der Waals surface area contributed by atoms with E-state index in [1.54, 1.807) is 6.26 Å². The maximum absolute atomic E-state index is 12.4. The van der Waals surface area contributed by atoms with Crippen LogP contribution < -0.4 is 10.6 Å². The molecule has 0 aliphatic carbocycles. The Morgan fingerprint density at radius 3 is 2.83 bits per heavy atom. The van der Waals surface area contributed by atoms with Crippen molar-refractivity contribution in [1.29, 1.82) is 0 Å². The number of carbonyl (C=O) groups excluding carboxylic acids is 2. The van der Waals surface area contributed by atoms with Crippen LogP contribution in [0.3, 0.4) is 0 Å². The highest BCUT2D eigenvalue weighted by Crippen LogP contribution is 2.30. The number of furan rings is 1. The first-order valence-electron chi connectivity index (χ1n) is 11.0. The third-order valence-electron chi connectivity index (χ3n) is 6.45. The van der Waals surface area contributed by atoms with E-state index >= 15 is 0 Å². The summed E-state index contributed by atoms with van der Waals surface area (Å²) in [6, 6.07) is 14.4. The molecule has 2 aliphatic rings. The van der Waals surface area contributed by atoms with Crippen LogP contribution in [0.2, 0.25) is 0 Å². The van der Waals surface area contributed by atoms with Gasteiger partial charge in [-0.15, -0.1) is 0 Å². The molecular weight excluding hydrogens is 378 g/mol. The van der Waals surface area contributed by atoms with Crippen LogP contribution in [-0.2, 0) is 16.0 Å². The van der Waals surface area contributed by atoms with E-state index in [1.165, 1.54) is 12.0 Å². The van der Waals surface area contributed by atoms with Crippen molar-refractivity contribution in [2.75, 3.05) is 26.2 Å². The zero-order valence-corrected chi connectivity index (χ0v) is 17.4. The van der Waals surface area contributed by atoms with E-state index in [2.05, 4.69) is 45.9 Å². The second-order valence-corrected chi connectivity index (χ2v) is 8.63. The Hall–Kier alpha value is -2.60. The van der Waals surface area contributed by atoms with E-state index in [4.69, 9.17) is 4.42 Å². The molecule has 160 valence electrons. The fraction of sp³-hybridized carbons (Fsp3) is 0.500. The third kappa shape index (κ3) is 5.30. The van der Waals surface area contributed by atoms with Crippen molar-refractivity contribution in [1.82, 2.24) is 15.5 Å². The second kappa shape index (κ2) is 9.47. The highest BCUT2D eigenvalue weighted by molar-refractivity contribution is 5.80. The zero-order chi connectivity index (χ0) is 20.8. The van der Waals surface area contributed by atoms with Gasteiger partial charge in [-0.25, -0.2) is 0 Å². The van der Waals surface area contributed by atoms with Crippen LogP contribution in [-0.4, -0.2) is 48.4 Å². The van der Waals surface area contributed by atoms with Gasteiger partial charge < -0.3 is 20.0 Å². The number of likely N-dealkylation sites (tertiary alicyclic amines) is 1. The van der Waals surface area contributed by atoms with Gasteiger partial charge in [0, 0.05) is 44.4 Å². The molecule has 2 unspecified atom stereocenters. The van der Waals surface area contributed by atoms with Crippen molar-refractivity contribution in [2.45, 2.75) is 50.0 Å². The van der Waals surface area contributed by atoms with Gasteiger partial charge in [-0.05, 0) is 49.4 Å². The molecular formula is C24H31N3O3. The lowest BCUT2D eigenvalue weighted by atomic mass is 9.87. The van der Waals surface area contributed by atoms with Crippen LogP contribution in [0.5, 0.6) is 0 Å². The molecule has 1 aromatic carbocycles. The molecule has 2 aliphatic heterocycles. The van der Waals surface area contributed by atoms with Crippen LogP contribution in [0.4, 0.5) is 0 Å². The molecule has 0 saturated carbocycles. The third-order valence-corrected chi connectivity index (χ3v) is 6.45. The first-order chi connectivity index (χ1) is 14.6. The van der Waals surface area contributed by atoms with Crippen LogP contribution in [0.1, 0.15) is 49.3 Å². The summed E-state index contributed by atoms with van der Waals surface area (Å²) in [6.45, 7) is 3.67. The van der Waals surface area contributed by atoms with Crippen molar-refractivity contribution in [3.63, 3.8) is 0 Å². The molecule has 0 spiro atoms. The van der Waals surface area contributed by atoms with Gasteiger partial charge >= 0.3 is 0 Å². The topological polar surface area (TPSA) is 74.6 Å². The smallest absolute Gasteiger partial charge is 0.220 e. The molecule has 2 amide bonds. The molecule has 2 N–H and O–H groups in total. The van der Waals surface area contributed by atoms with Gasteiger partial charge in [-0.1, -0.05) is 30.3 Å². The first kappa shape index (κ1) is 20.7. The minimum Gasteiger partial charge on any atom is -0.469 e. The van der Waals surface area contributed by atoms with Crippen LogP contribution in [0.25, 0.3) is 0 Å². The molecule has 3 heterocycles. The summed E-state index contributed by atoms with van der Waals surface area (Å²) in [4.78, 5) is 26.7. The van der Waals surface area contributed by atoms with Crippen molar-refractivity contribution in [3.8, 4) is 0 Å². The number of nitrogens with zero attached hydrogens (tertiary/aromatic N) is 1. The minimum absolute atomic E-state index is 0.0498. The first-order valence-corrected chi connectivity index (χ1v) is 11.0. The fourth-order valence-electron chi connectivity index (χ4n) is 4.76. The summed E-state index contributed by atoms with van der Waals surface area (Å²) in [6.07, 6.45) is 5.75. The average molecular weight is 410 g/mol. The number of benzene rings is 1. The van der Waals surface area contributed by atoms with Gasteiger partial charge in [0.1, 0.15) is 5.76 Å². The minimum atomic E-state index is -0.371. The molecule has 30 heavy (non-hydrogen) atoms. The molecule has 6 heteroatoms. The largest absolute Gasteiger partial charge is 0.469 e. The van der Waals surface area contributed by atoms with E-state index in [-0.39, 0.29) is 17.4 Å². The number of nitrogens with one attached hydrogen (secondary N) is 2. The standard InChI is InChI=1S/C24H31N3O3/c28-22(8-11-24(12-9-23(29)26-24)17-21-7-4-16-30-21)25-13-15-27-14-10-20(18-27)19-5-2-1-3-6-19/h1-7,16,20H,8-15,17-18H2,(H,25,28)(H,26,29). The fourth-order valence-corrected chi connectivity index (χ4v) is 4.76. The molecule has 0 bridgehead atoms. The number of amides is 2. The van der Waals surface area contributed by atoms with Crippen molar-refractivity contribution >= 4 is 11.8 Å². The molecule has 0 radical (unpaired) electrons. The van der Waals surface area contributed by atoms with Gasteiger partial charge in [0.05, 0.1) is 6.26 Å². The lowest BCUT2D eigenvalue weighted by Gasteiger charge is -2.28. The number of rotatable bonds is 9. The van der Waals surface area contributed by atoms with E-state index in [1.807, 2.05) is 12.1 Å². The quantitative estimate of drug-likeness (QED) is 0.668. The number of hydrogen-bond donors (Lipinski definition) is 2. The van der Waals surface area contributed by atoms with Crippen LogP contribution in [0.15, 0.2) is 53.1 Å². The lowest BCUT2D eigenvalue weighted by Crippen LogP contribution is -2.44. The predicted molar refractivity (Wildman–Crippen MR) is 115 cm³/mol. The van der Waals surface area contributed by atoms with Gasteiger partial charge in [0.15, 0.2) is 0 Å². The van der Waals surface area contributed by atoms with Crippen LogP contribution in [0, 0.1) is 0 Å². The molecule has 2 fully saturated rings. The van der Waals surface area contributed by atoms with Crippen molar-refractivity contribution in [2.24, 2.45) is 0 Å². The Balaban J connectivity index is 1.19. The van der Waals surface area contributed by atoms with E-state index in [9.17, 15) is 9.59 Å². The maximum Gasteiger partial charge on any atom is 0.220 e. The SMILES string of the molecule is O=C(CCC1(Cc2ccco2)CCC(=O)N1)NCCN1CCC(c2ccccc2)C1. The molecule has 2 atom stereocenters. The predicted octanol–water partition coefficient (Wildman–Crippen LogP) is 2.86. The average Bonchev–Trinajstić information content (AvgIpc) is 3.50. The summed E-state index contributed by atoms with van der Waals surface area (Å²) in [5, 5.41) is 6.15. The monoisotopic (exact) mass is 409 g/mol. The Morgan fingerprint density at radius 1 is 1.23 bits per heavy atom. The molecule has 4 rings (SSSR count). The lowest BCUT2D eigenvalue weighted by molar-refractivity contribution is -0.122. The molecule has 6 nitrogen and oxygen atoms in total. The van der Waals surface area contributed by atoms with Gasteiger partial charge in [-0.3, -0.25) is 9.59 Å². The summed E-state index contributed by atoms with van der Waals surface area (Å²) in [5.74, 6) is 1.55. The maximum atomic E-state index is 12.4. The number of carbonyl (C=O) groups is 2. The molecule has 1 aromatic heterocycles. The zero-order valence-electron chi connectivity index (χ0n) is 17.4. The Morgan fingerprint density at radius 2 is 2.10 bits per heavy atom. The molecule has 2 aromatic rings. The Bertz CT molecular complexity index is 837. The summed E-state index contributed by atoms with van der Waals surface area (Å²) in [7, 11) is 0. The van der Waals surface area contributed by atoms with Crippen LogP contribution >= 0.6 is 0 Å². The number of hydrogen-bond acceptors (Lipinski definition) is 4. The van der Waals surface area contributed by atoms with Gasteiger partial charge in [-0.2, -0.15) is 0 Å². The summed E-state index contributed by atoms with van der Waals surface area (Å²) < 4.78 is 5.47. The van der Waals surface area contributed by atoms with Gasteiger partial charge in [0.25, 0.3) is 0 Å². The van der Waals surface area contributed by atoms with Crippen molar-refractivity contribution in [3.05, 3.63) is 60.1 Å².